The van der Waals surface area contributed by atoms with Gasteiger partial charge in [-0.05, 0) is 117 Å². The standard InChI is InChI=1S/C30H32FNO4.C12H15FO2/c1-20-7-11-27-22(15-20)8-12-29(35-27)25(33)18-32(17-21-5-3-2-4-6-21)19-26(34)30-13-9-23-16-24(31)10-14-28(23)36-30;1-2-10(14)12-5-3-8-7-9(13)4-6-11(8)15-12/h2-7,10-11,14-16,26,29-30,34H,8-9,12-13,17-19H2,1H3;4,6-7,10,12,14H,2-3,5H2,1H3. The van der Waals surface area contributed by atoms with Crippen LogP contribution < -0.4 is 14.2 Å². The number of halogens is 2. The van der Waals surface area contributed by atoms with Crippen LogP contribution in [0.4, 0.5) is 8.78 Å². The Balaban J connectivity index is 0.000000249. The topological polar surface area (TPSA) is 88.5 Å². The highest BCUT2D eigenvalue weighted by molar-refractivity contribution is 5.85. The molecule has 7 rings (SSSR count). The molecule has 3 heterocycles. The number of hydrogen-bond acceptors (Lipinski definition) is 7. The molecule has 0 saturated heterocycles. The van der Waals surface area contributed by atoms with E-state index < -0.39 is 24.4 Å². The van der Waals surface area contributed by atoms with Crippen molar-refractivity contribution < 1.29 is 38.0 Å². The molecule has 0 fully saturated rings. The number of nitrogens with zero attached hydrogens (tertiary/aromatic N) is 1. The van der Waals surface area contributed by atoms with E-state index in [2.05, 4.69) is 13.0 Å². The Bertz CT molecular complexity index is 1780. The molecular weight excluding hydrogens is 652 g/mol. The summed E-state index contributed by atoms with van der Waals surface area (Å²) in [4.78, 5) is 15.3. The Labute approximate surface area is 298 Å². The van der Waals surface area contributed by atoms with Crippen molar-refractivity contribution in [2.45, 2.75) is 95.9 Å². The lowest BCUT2D eigenvalue weighted by Crippen LogP contribution is -2.46. The van der Waals surface area contributed by atoms with Crippen molar-refractivity contribution in [2.75, 3.05) is 13.1 Å². The van der Waals surface area contributed by atoms with Crippen LogP contribution in [0.5, 0.6) is 17.2 Å². The quantitative estimate of drug-likeness (QED) is 0.185. The summed E-state index contributed by atoms with van der Waals surface area (Å²) in [5.41, 5.74) is 5.11. The van der Waals surface area contributed by atoms with Crippen molar-refractivity contribution in [1.29, 1.82) is 0 Å². The number of rotatable bonds is 10. The smallest absolute Gasteiger partial charge is 0.187 e. The van der Waals surface area contributed by atoms with E-state index >= 15 is 0 Å². The molecule has 9 heteroatoms. The minimum Gasteiger partial charge on any atom is -0.487 e. The number of Topliss-reactive ketones (excluding diaryl/α,β-unsaturated/α-hetero) is 1. The molecule has 4 aromatic rings. The molecule has 270 valence electrons. The number of ether oxygens (including phenoxy) is 3. The van der Waals surface area contributed by atoms with E-state index in [1.54, 1.807) is 12.1 Å². The van der Waals surface area contributed by atoms with Gasteiger partial charge in [-0.2, -0.15) is 0 Å². The van der Waals surface area contributed by atoms with Crippen molar-refractivity contribution >= 4 is 5.78 Å². The van der Waals surface area contributed by atoms with Gasteiger partial charge in [0, 0.05) is 13.1 Å². The summed E-state index contributed by atoms with van der Waals surface area (Å²) in [7, 11) is 0. The molecule has 7 nitrogen and oxygen atoms in total. The lowest BCUT2D eigenvalue weighted by atomic mass is 9.97. The molecule has 0 radical (unpaired) electrons. The van der Waals surface area contributed by atoms with Gasteiger partial charge in [-0.1, -0.05) is 55.0 Å². The summed E-state index contributed by atoms with van der Waals surface area (Å²) in [6, 6.07) is 25.0. The zero-order valence-corrected chi connectivity index (χ0v) is 29.3. The van der Waals surface area contributed by atoms with Crippen LogP contribution in [0.3, 0.4) is 0 Å². The first-order valence-electron chi connectivity index (χ1n) is 18.0. The fourth-order valence-electron chi connectivity index (χ4n) is 7.04. The zero-order valence-electron chi connectivity index (χ0n) is 29.3. The predicted octanol–water partition coefficient (Wildman–Crippen LogP) is 6.94. The van der Waals surface area contributed by atoms with Crippen LogP contribution in [-0.4, -0.2) is 64.5 Å². The maximum atomic E-state index is 13.6. The molecule has 3 aliphatic heterocycles. The van der Waals surface area contributed by atoms with Gasteiger partial charge in [0.15, 0.2) is 11.9 Å². The van der Waals surface area contributed by atoms with E-state index in [1.165, 1.54) is 29.8 Å². The van der Waals surface area contributed by atoms with Crippen LogP contribution in [-0.2, 0) is 30.6 Å². The van der Waals surface area contributed by atoms with Gasteiger partial charge in [-0.25, -0.2) is 8.78 Å². The van der Waals surface area contributed by atoms with E-state index in [0.717, 1.165) is 47.3 Å². The number of aryl methyl sites for hydroxylation is 4. The third-order valence-corrected chi connectivity index (χ3v) is 9.87. The lowest BCUT2D eigenvalue weighted by Gasteiger charge is -2.33. The van der Waals surface area contributed by atoms with Crippen molar-refractivity contribution in [3.05, 3.63) is 124 Å². The fraction of sp³-hybridized carbons (Fsp3) is 0.405. The van der Waals surface area contributed by atoms with E-state index in [1.807, 2.05) is 54.3 Å². The van der Waals surface area contributed by atoms with Gasteiger partial charge < -0.3 is 24.4 Å². The molecular formula is C42H47F2NO6. The van der Waals surface area contributed by atoms with Crippen molar-refractivity contribution in [2.24, 2.45) is 0 Å². The lowest BCUT2D eigenvalue weighted by molar-refractivity contribution is -0.128. The first kappa shape index (κ1) is 36.5. The minimum atomic E-state index is -0.796. The predicted molar refractivity (Wildman–Crippen MR) is 191 cm³/mol. The monoisotopic (exact) mass is 699 g/mol. The summed E-state index contributed by atoms with van der Waals surface area (Å²) < 4.78 is 44.2. The summed E-state index contributed by atoms with van der Waals surface area (Å²) in [5.74, 6) is 1.60. The molecule has 5 unspecified atom stereocenters. The molecule has 0 spiro atoms. The van der Waals surface area contributed by atoms with Gasteiger partial charge >= 0.3 is 0 Å². The van der Waals surface area contributed by atoms with Crippen LogP contribution >= 0.6 is 0 Å². The van der Waals surface area contributed by atoms with Gasteiger partial charge in [0.25, 0.3) is 0 Å². The fourth-order valence-corrected chi connectivity index (χ4v) is 7.04. The molecule has 4 aromatic carbocycles. The second-order valence-corrected chi connectivity index (χ2v) is 13.8. The number of carbonyl (C=O) groups excluding carboxylic acids is 1. The van der Waals surface area contributed by atoms with Gasteiger partial charge in [0.1, 0.15) is 47.2 Å². The van der Waals surface area contributed by atoms with E-state index in [4.69, 9.17) is 14.2 Å². The molecule has 3 aliphatic rings. The first-order chi connectivity index (χ1) is 24.6. The maximum absolute atomic E-state index is 13.6. The Morgan fingerprint density at radius 1 is 0.745 bits per heavy atom. The number of hydrogen-bond donors (Lipinski definition) is 2. The number of ketones is 1. The second-order valence-electron chi connectivity index (χ2n) is 13.8. The molecule has 0 aromatic heterocycles. The SMILES string of the molecule is CCC(O)C1CCc2cc(F)ccc2O1.Cc1ccc2c(c1)CCC(C(=O)CN(Cc1ccccc1)CC(O)C1CCc3cc(F)ccc3O1)O2. The van der Waals surface area contributed by atoms with Crippen LogP contribution in [0.2, 0.25) is 0 Å². The number of aliphatic hydroxyl groups excluding tert-OH is 2. The molecule has 2 N–H and O–H groups in total. The normalized spacial score (nSPS) is 20.2. The van der Waals surface area contributed by atoms with Gasteiger partial charge in [-0.15, -0.1) is 0 Å². The Hall–Kier alpha value is -4.31. The first-order valence-corrected chi connectivity index (χ1v) is 18.0. The second kappa shape index (κ2) is 16.8. The van der Waals surface area contributed by atoms with E-state index in [0.29, 0.717) is 43.7 Å². The van der Waals surface area contributed by atoms with Crippen LogP contribution in [0.25, 0.3) is 0 Å². The highest BCUT2D eigenvalue weighted by atomic mass is 19.1. The summed E-state index contributed by atoms with van der Waals surface area (Å²) in [6.07, 6.45) is 2.61. The van der Waals surface area contributed by atoms with Crippen LogP contribution in [0, 0.1) is 18.6 Å². The summed E-state index contributed by atoms with van der Waals surface area (Å²) in [5, 5.41) is 20.8. The van der Waals surface area contributed by atoms with Gasteiger partial charge in [-0.3, -0.25) is 9.69 Å². The third-order valence-electron chi connectivity index (χ3n) is 9.87. The van der Waals surface area contributed by atoms with Crippen molar-refractivity contribution in [3.8, 4) is 17.2 Å². The minimum absolute atomic E-state index is 0.00902. The molecule has 51 heavy (non-hydrogen) atoms. The highest BCUT2D eigenvalue weighted by Crippen LogP contribution is 2.32. The number of carbonyl (C=O) groups is 1. The molecule has 5 atom stereocenters. The average Bonchev–Trinajstić information content (AvgIpc) is 3.14. The highest BCUT2D eigenvalue weighted by Gasteiger charge is 2.32. The van der Waals surface area contributed by atoms with Crippen molar-refractivity contribution in [3.63, 3.8) is 0 Å². The summed E-state index contributed by atoms with van der Waals surface area (Å²) >= 11 is 0. The third kappa shape index (κ3) is 9.52. The van der Waals surface area contributed by atoms with E-state index in [9.17, 15) is 23.8 Å². The molecule has 0 aliphatic carbocycles. The summed E-state index contributed by atoms with van der Waals surface area (Å²) in [6.45, 7) is 4.96. The van der Waals surface area contributed by atoms with Gasteiger partial charge in [0.2, 0.25) is 0 Å². The van der Waals surface area contributed by atoms with Crippen LogP contribution in [0.15, 0.2) is 84.9 Å². The Morgan fingerprint density at radius 3 is 1.92 bits per heavy atom. The maximum Gasteiger partial charge on any atom is 0.187 e. The number of benzene rings is 4. The zero-order chi connectivity index (χ0) is 35.9. The number of aliphatic hydroxyl groups is 2. The van der Waals surface area contributed by atoms with Gasteiger partial charge in [0.05, 0.1) is 12.6 Å². The Kier molecular flexibility index (Phi) is 12.0. The van der Waals surface area contributed by atoms with Crippen molar-refractivity contribution in [1.82, 2.24) is 4.90 Å². The van der Waals surface area contributed by atoms with Crippen LogP contribution in [0.1, 0.15) is 60.4 Å². The average molecular weight is 700 g/mol. The number of fused-ring (bicyclic) bond motifs is 3. The molecule has 0 bridgehead atoms. The Morgan fingerprint density at radius 2 is 1.29 bits per heavy atom. The molecule has 0 saturated carbocycles. The largest absolute Gasteiger partial charge is 0.487 e. The van der Waals surface area contributed by atoms with E-state index in [-0.39, 0.29) is 36.6 Å². The molecule has 0 amide bonds.